The van der Waals surface area contributed by atoms with Gasteiger partial charge in [-0.3, -0.25) is 4.79 Å². The quantitative estimate of drug-likeness (QED) is 0.897. The van der Waals surface area contributed by atoms with Crippen molar-refractivity contribution in [3.63, 3.8) is 0 Å². The van der Waals surface area contributed by atoms with E-state index in [9.17, 15) is 4.79 Å². The minimum absolute atomic E-state index is 0.119. The molecule has 6 heteroatoms. The van der Waals surface area contributed by atoms with E-state index < -0.39 is 0 Å². The maximum Gasteiger partial charge on any atom is 0.258 e. The van der Waals surface area contributed by atoms with Crippen molar-refractivity contribution in [2.45, 2.75) is 19.0 Å². The van der Waals surface area contributed by atoms with E-state index in [-0.39, 0.29) is 5.56 Å². The number of halogens is 1. The van der Waals surface area contributed by atoms with E-state index in [0.29, 0.717) is 34.3 Å². The van der Waals surface area contributed by atoms with Gasteiger partial charge in [0.1, 0.15) is 5.82 Å². The average Bonchev–Trinajstić information content (AvgIpc) is 2.82. The number of likely N-dealkylation sites (N-methyl/N-ethyl adjacent to an activating group) is 1. The Labute approximate surface area is 122 Å². The van der Waals surface area contributed by atoms with Crippen molar-refractivity contribution in [1.82, 2.24) is 20.2 Å². The van der Waals surface area contributed by atoms with E-state index in [4.69, 9.17) is 11.6 Å². The number of likely N-dealkylation sites (tertiary alicyclic amines) is 1. The molecule has 3 rings (SSSR count). The average molecular weight is 293 g/mol. The molecule has 2 aromatic rings. The zero-order chi connectivity index (χ0) is 14.1. The molecule has 1 atom stereocenters. The molecule has 2 N–H and O–H groups in total. The predicted octanol–water partition coefficient (Wildman–Crippen LogP) is 1.37. The molecule has 1 aromatic heterocycles. The van der Waals surface area contributed by atoms with Crippen molar-refractivity contribution in [2.24, 2.45) is 0 Å². The number of nitrogens with zero attached hydrogens (tertiary/aromatic N) is 2. The minimum Gasteiger partial charge on any atom is -0.309 e. The summed E-state index contributed by atoms with van der Waals surface area (Å²) in [5.74, 6) is 0.652. The number of hydrogen-bond donors (Lipinski definition) is 2. The molecular formula is C14H17ClN4O. The lowest BCUT2D eigenvalue weighted by Gasteiger charge is -2.12. The van der Waals surface area contributed by atoms with Crippen molar-refractivity contribution in [1.29, 1.82) is 0 Å². The Bertz CT molecular complexity index is 684. The van der Waals surface area contributed by atoms with E-state index in [2.05, 4.69) is 27.2 Å². The first-order valence-corrected chi connectivity index (χ1v) is 7.10. The predicted molar refractivity (Wildman–Crippen MR) is 80.1 cm³/mol. The number of nitrogens with one attached hydrogen (secondary N) is 2. The zero-order valence-corrected chi connectivity index (χ0v) is 12.1. The van der Waals surface area contributed by atoms with Crippen LogP contribution >= 0.6 is 11.6 Å². The summed E-state index contributed by atoms with van der Waals surface area (Å²) >= 11 is 5.95. The Hall–Kier alpha value is -1.43. The summed E-state index contributed by atoms with van der Waals surface area (Å²) in [5, 5.41) is 4.59. The Morgan fingerprint density at radius 2 is 2.40 bits per heavy atom. The van der Waals surface area contributed by atoms with Gasteiger partial charge in [-0.2, -0.15) is 0 Å². The molecule has 2 heterocycles. The first-order valence-electron chi connectivity index (χ1n) is 6.72. The summed E-state index contributed by atoms with van der Waals surface area (Å²) in [4.78, 5) is 21.5. The first-order chi connectivity index (χ1) is 9.61. The van der Waals surface area contributed by atoms with Crippen molar-refractivity contribution in [2.75, 3.05) is 20.1 Å². The molecule has 1 aliphatic heterocycles. The Morgan fingerprint density at radius 1 is 1.55 bits per heavy atom. The number of aromatic amines is 1. The summed E-state index contributed by atoms with van der Waals surface area (Å²) in [6.45, 7) is 2.70. The van der Waals surface area contributed by atoms with Crippen molar-refractivity contribution < 1.29 is 0 Å². The number of fused-ring (bicyclic) bond motifs is 1. The van der Waals surface area contributed by atoms with Gasteiger partial charge in [-0.15, -0.1) is 0 Å². The molecule has 5 nitrogen and oxygen atoms in total. The molecule has 1 saturated heterocycles. The number of rotatable bonds is 3. The molecule has 0 amide bonds. The fourth-order valence-corrected chi connectivity index (χ4v) is 2.75. The van der Waals surface area contributed by atoms with Crippen LogP contribution in [0.4, 0.5) is 0 Å². The van der Waals surface area contributed by atoms with Gasteiger partial charge in [0.05, 0.1) is 17.4 Å². The number of hydrogen-bond acceptors (Lipinski definition) is 4. The summed E-state index contributed by atoms with van der Waals surface area (Å²) < 4.78 is 0. The summed E-state index contributed by atoms with van der Waals surface area (Å²) in [6, 6.07) is 5.58. The van der Waals surface area contributed by atoms with Crippen LogP contribution in [-0.2, 0) is 6.54 Å². The van der Waals surface area contributed by atoms with Gasteiger partial charge in [-0.1, -0.05) is 11.6 Å². The van der Waals surface area contributed by atoms with Gasteiger partial charge >= 0.3 is 0 Å². The SMILES string of the molecule is CN1CCC(NCc2nc3cc(Cl)ccc3c(=O)[nH]2)C1. The highest BCUT2D eigenvalue weighted by Gasteiger charge is 2.18. The van der Waals surface area contributed by atoms with Crippen LogP contribution < -0.4 is 10.9 Å². The van der Waals surface area contributed by atoms with Gasteiger partial charge < -0.3 is 15.2 Å². The molecule has 1 aromatic carbocycles. The van der Waals surface area contributed by atoms with E-state index in [1.54, 1.807) is 18.2 Å². The Kier molecular flexibility index (Phi) is 3.74. The van der Waals surface area contributed by atoms with Gasteiger partial charge in [-0.05, 0) is 38.2 Å². The molecule has 0 radical (unpaired) electrons. The maximum atomic E-state index is 12.0. The standard InChI is InChI=1S/C14H17ClN4O/c1-19-5-4-10(8-19)16-7-13-17-12-6-9(15)2-3-11(12)14(20)18-13/h2-3,6,10,16H,4-5,7-8H2,1H3,(H,17,18,20). The lowest BCUT2D eigenvalue weighted by Crippen LogP contribution is -2.32. The largest absolute Gasteiger partial charge is 0.309 e. The summed E-state index contributed by atoms with van der Waals surface area (Å²) in [5.41, 5.74) is 0.522. The smallest absolute Gasteiger partial charge is 0.258 e. The van der Waals surface area contributed by atoms with Gasteiger partial charge in [0.2, 0.25) is 0 Å². The topological polar surface area (TPSA) is 61.0 Å². The Balaban J connectivity index is 1.80. The maximum absolute atomic E-state index is 12.0. The third-order valence-corrected chi connectivity index (χ3v) is 3.90. The van der Waals surface area contributed by atoms with Crippen LogP contribution in [0.1, 0.15) is 12.2 Å². The van der Waals surface area contributed by atoms with E-state index in [0.717, 1.165) is 19.5 Å². The second-order valence-corrected chi connectivity index (χ2v) is 5.74. The summed E-state index contributed by atoms with van der Waals surface area (Å²) in [6.07, 6.45) is 1.13. The minimum atomic E-state index is -0.119. The molecule has 106 valence electrons. The van der Waals surface area contributed by atoms with Crippen LogP contribution in [0.5, 0.6) is 0 Å². The number of H-pyrrole nitrogens is 1. The van der Waals surface area contributed by atoms with Gasteiger partial charge in [-0.25, -0.2) is 4.98 Å². The fourth-order valence-electron chi connectivity index (χ4n) is 2.59. The molecule has 1 fully saturated rings. The molecule has 20 heavy (non-hydrogen) atoms. The molecular weight excluding hydrogens is 276 g/mol. The third kappa shape index (κ3) is 2.85. The lowest BCUT2D eigenvalue weighted by atomic mass is 10.2. The van der Waals surface area contributed by atoms with E-state index >= 15 is 0 Å². The normalized spacial score (nSPS) is 19.8. The second kappa shape index (κ2) is 5.52. The van der Waals surface area contributed by atoms with E-state index in [1.165, 1.54) is 0 Å². The van der Waals surface area contributed by atoms with Crippen LogP contribution in [0.2, 0.25) is 5.02 Å². The highest BCUT2D eigenvalue weighted by atomic mass is 35.5. The molecule has 0 bridgehead atoms. The number of aromatic nitrogens is 2. The van der Waals surface area contributed by atoms with Crippen molar-refractivity contribution in [3.05, 3.63) is 39.4 Å². The monoisotopic (exact) mass is 292 g/mol. The van der Waals surface area contributed by atoms with Crippen LogP contribution in [0.3, 0.4) is 0 Å². The summed E-state index contributed by atoms with van der Waals surface area (Å²) in [7, 11) is 2.11. The van der Waals surface area contributed by atoms with Crippen molar-refractivity contribution in [3.8, 4) is 0 Å². The number of benzene rings is 1. The van der Waals surface area contributed by atoms with Crippen LogP contribution in [0, 0.1) is 0 Å². The second-order valence-electron chi connectivity index (χ2n) is 5.30. The Morgan fingerprint density at radius 3 is 3.15 bits per heavy atom. The van der Waals surface area contributed by atoms with Gasteiger partial charge in [0, 0.05) is 17.6 Å². The molecule has 0 saturated carbocycles. The van der Waals surface area contributed by atoms with Gasteiger partial charge in [0.25, 0.3) is 5.56 Å². The lowest BCUT2D eigenvalue weighted by molar-refractivity contribution is 0.396. The first kappa shape index (κ1) is 13.5. The van der Waals surface area contributed by atoms with Crippen LogP contribution in [0.15, 0.2) is 23.0 Å². The highest BCUT2D eigenvalue weighted by Crippen LogP contribution is 2.14. The van der Waals surface area contributed by atoms with Crippen LogP contribution in [-0.4, -0.2) is 41.0 Å². The zero-order valence-electron chi connectivity index (χ0n) is 11.3. The highest BCUT2D eigenvalue weighted by molar-refractivity contribution is 6.31. The van der Waals surface area contributed by atoms with Crippen LogP contribution in [0.25, 0.3) is 10.9 Å². The van der Waals surface area contributed by atoms with E-state index in [1.807, 2.05) is 0 Å². The molecule has 0 aliphatic carbocycles. The molecule has 0 spiro atoms. The molecule has 1 unspecified atom stereocenters. The van der Waals surface area contributed by atoms with Gasteiger partial charge in [0.15, 0.2) is 0 Å². The molecule has 1 aliphatic rings. The fraction of sp³-hybridized carbons (Fsp3) is 0.429. The third-order valence-electron chi connectivity index (χ3n) is 3.67. The van der Waals surface area contributed by atoms with Crippen molar-refractivity contribution >= 4 is 22.5 Å².